The number of fused-ring (bicyclic) bond motifs is 2. The molecule has 0 aromatic rings. The van der Waals surface area contributed by atoms with Crippen LogP contribution >= 0.6 is 0 Å². The van der Waals surface area contributed by atoms with Crippen LogP contribution in [0.5, 0.6) is 0 Å². The van der Waals surface area contributed by atoms with Gasteiger partial charge in [-0.1, -0.05) is 12.2 Å². The van der Waals surface area contributed by atoms with Crippen LogP contribution in [0.3, 0.4) is 0 Å². The first-order valence-electron chi connectivity index (χ1n) is 3.42. The predicted molar refractivity (Wildman–Crippen MR) is 38.4 cm³/mol. The van der Waals surface area contributed by atoms with Crippen molar-refractivity contribution in [2.24, 2.45) is 11.8 Å². The molecule has 0 aliphatic heterocycles. The molecule has 9 heavy (non-hydrogen) atoms. The summed E-state index contributed by atoms with van der Waals surface area (Å²) in [6.07, 6.45) is 9.19. The summed E-state index contributed by atoms with van der Waals surface area (Å²) in [6.45, 7) is 0. The van der Waals surface area contributed by atoms with E-state index in [4.69, 9.17) is 5.31 Å². The van der Waals surface area contributed by atoms with Crippen LogP contribution in [0.15, 0.2) is 12.2 Å². The summed E-state index contributed by atoms with van der Waals surface area (Å²) in [5.41, 5.74) is 0. The van der Waals surface area contributed by atoms with Gasteiger partial charge in [0.2, 0.25) is 0 Å². The Hall–Kier alpha value is -0.395. The average Bonchev–Trinajstić information content (AvgIpc) is 2.53. The molecule has 2 unspecified atom stereocenters. The van der Waals surface area contributed by atoms with Crippen LogP contribution in [0.1, 0.15) is 19.3 Å². The molecule has 2 heteroatoms. The summed E-state index contributed by atoms with van der Waals surface area (Å²) in [7, 11) is 3.75. The van der Waals surface area contributed by atoms with E-state index in [1.807, 2.05) is 0 Å². The molecule has 2 rings (SSSR count). The molecular formula is C7H11BN. The van der Waals surface area contributed by atoms with E-state index in [-0.39, 0.29) is 0 Å². The van der Waals surface area contributed by atoms with Crippen molar-refractivity contribution in [2.75, 3.05) is 0 Å². The molecule has 1 fully saturated rings. The van der Waals surface area contributed by atoms with E-state index in [2.05, 4.69) is 19.8 Å². The van der Waals surface area contributed by atoms with Gasteiger partial charge in [0.25, 0.3) is 0 Å². The predicted octanol–water partition coefficient (Wildman–Crippen LogP) is 1.89. The van der Waals surface area contributed by atoms with Gasteiger partial charge in [-0.2, -0.15) is 0 Å². The Bertz CT molecular complexity index is 110. The van der Waals surface area contributed by atoms with Crippen LogP contribution in [-0.4, -0.2) is 7.64 Å². The van der Waals surface area contributed by atoms with Crippen molar-refractivity contribution in [1.82, 2.24) is 0 Å². The molecule has 2 bridgehead atoms. The number of hydrogen-bond donors (Lipinski definition) is 1. The standard InChI is InChI=1S/C7H10.BHN/c1-2-7-4-3-6(1)5-7;1-2/h1-2,6-7H,3-5H2;2H. The minimum atomic E-state index is 0.991. The quantitative estimate of drug-likeness (QED) is 0.372. The van der Waals surface area contributed by atoms with Gasteiger partial charge in [-0.25, -0.2) is 0 Å². The molecule has 0 amide bonds. The van der Waals surface area contributed by atoms with E-state index >= 15 is 0 Å². The van der Waals surface area contributed by atoms with Gasteiger partial charge in [0.15, 0.2) is 0 Å². The maximum absolute atomic E-state index is 5.25. The third kappa shape index (κ3) is 1.29. The summed E-state index contributed by atoms with van der Waals surface area (Å²) >= 11 is 0. The maximum atomic E-state index is 5.25. The van der Waals surface area contributed by atoms with Gasteiger partial charge in [0.1, 0.15) is 0 Å². The van der Waals surface area contributed by atoms with Gasteiger partial charge in [-0.3, -0.25) is 0 Å². The van der Waals surface area contributed by atoms with Crippen LogP contribution in [0.4, 0.5) is 0 Å². The van der Waals surface area contributed by atoms with Crippen molar-refractivity contribution >= 4 is 7.64 Å². The van der Waals surface area contributed by atoms with E-state index in [1.54, 1.807) is 0 Å². The Morgan fingerprint density at radius 1 is 1.11 bits per heavy atom. The van der Waals surface area contributed by atoms with Gasteiger partial charge in [-0.05, 0) is 31.1 Å². The second-order valence-electron chi connectivity index (χ2n) is 2.72. The molecule has 0 saturated heterocycles. The molecule has 0 spiro atoms. The van der Waals surface area contributed by atoms with Crippen molar-refractivity contribution in [3.63, 3.8) is 0 Å². The number of allylic oxidation sites excluding steroid dienone is 2. The minimum absolute atomic E-state index is 0.991. The Balaban J connectivity index is 0.000000186. The van der Waals surface area contributed by atoms with E-state index in [0.717, 1.165) is 11.8 Å². The first-order chi connectivity index (χ1) is 4.45. The topological polar surface area (TPSA) is 23.9 Å². The van der Waals surface area contributed by atoms with Gasteiger partial charge in [-0.15, -0.1) is 0 Å². The molecule has 1 nitrogen and oxygen atoms in total. The monoisotopic (exact) mass is 120 g/mol. The summed E-state index contributed by atoms with van der Waals surface area (Å²) in [6, 6.07) is 0. The molecule has 2 atom stereocenters. The normalized spacial score (nSPS) is 35.9. The molecule has 0 aromatic heterocycles. The molecule has 1 saturated carbocycles. The van der Waals surface area contributed by atoms with Gasteiger partial charge in [0, 0.05) is 0 Å². The van der Waals surface area contributed by atoms with Gasteiger partial charge >= 0.3 is 13.0 Å². The third-order valence-corrected chi connectivity index (χ3v) is 2.17. The summed E-state index contributed by atoms with van der Waals surface area (Å²) in [5.74, 6) is 1.98. The molecule has 0 heterocycles. The Morgan fingerprint density at radius 3 is 1.67 bits per heavy atom. The van der Waals surface area contributed by atoms with E-state index in [1.165, 1.54) is 19.3 Å². The van der Waals surface area contributed by atoms with Crippen molar-refractivity contribution in [2.45, 2.75) is 19.3 Å². The fourth-order valence-corrected chi connectivity index (χ4v) is 1.72. The molecule has 47 valence electrons. The summed E-state index contributed by atoms with van der Waals surface area (Å²) < 4.78 is 0. The van der Waals surface area contributed by atoms with Crippen LogP contribution in [0.2, 0.25) is 0 Å². The summed E-state index contributed by atoms with van der Waals surface area (Å²) in [5, 5.41) is 5.25. The molecule has 0 aromatic carbocycles. The second kappa shape index (κ2) is 2.95. The molecule has 2 aliphatic carbocycles. The van der Waals surface area contributed by atoms with E-state index < -0.39 is 0 Å². The van der Waals surface area contributed by atoms with E-state index in [9.17, 15) is 0 Å². The SMILES string of the molecule is C1=CC2CCC1C2.[B]=N. The van der Waals surface area contributed by atoms with Crippen molar-refractivity contribution in [1.29, 1.82) is 5.31 Å². The Labute approximate surface area is 57.1 Å². The Kier molecular flexibility index (Phi) is 2.20. The molecular weight excluding hydrogens is 109 g/mol. The van der Waals surface area contributed by atoms with Crippen molar-refractivity contribution in [3.8, 4) is 0 Å². The summed E-state index contributed by atoms with van der Waals surface area (Å²) in [4.78, 5) is 0. The Morgan fingerprint density at radius 2 is 1.56 bits per heavy atom. The van der Waals surface area contributed by atoms with E-state index in [0.29, 0.717) is 0 Å². The average molecular weight is 120 g/mol. The molecule has 1 radical (unpaired) electrons. The van der Waals surface area contributed by atoms with Crippen LogP contribution < -0.4 is 0 Å². The zero-order chi connectivity index (χ0) is 6.69. The van der Waals surface area contributed by atoms with Crippen molar-refractivity contribution in [3.05, 3.63) is 12.2 Å². The number of nitrogens with one attached hydrogen (secondary N) is 1. The van der Waals surface area contributed by atoms with Crippen LogP contribution in [-0.2, 0) is 0 Å². The second-order valence-corrected chi connectivity index (χ2v) is 2.72. The fraction of sp³-hybridized carbons (Fsp3) is 0.714. The van der Waals surface area contributed by atoms with Crippen LogP contribution in [0, 0.1) is 17.1 Å². The molecule has 2 aliphatic rings. The fourth-order valence-electron chi connectivity index (χ4n) is 1.72. The number of hydrogen-bond acceptors (Lipinski definition) is 1. The number of rotatable bonds is 0. The first kappa shape index (κ1) is 6.72. The zero-order valence-electron chi connectivity index (χ0n) is 5.51. The van der Waals surface area contributed by atoms with Gasteiger partial charge in [0.05, 0.1) is 0 Å². The third-order valence-electron chi connectivity index (χ3n) is 2.17. The molecule has 1 N–H and O–H groups in total. The van der Waals surface area contributed by atoms with Crippen molar-refractivity contribution < 1.29 is 0 Å². The first-order valence-corrected chi connectivity index (χ1v) is 3.42. The van der Waals surface area contributed by atoms with Gasteiger partial charge < -0.3 is 0 Å². The zero-order valence-corrected chi connectivity index (χ0v) is 5.51. The van der Waals surface area contributed by atoms with Crippen LogP contribution in [0.25, 0.3) is 0 Å².